The number of benzene rings is 4. The van der Waals surface area contributed by atoms with Crippen molar-refractivity contribution in [1.29, 1.82) is 0 Å². The van der Waals surface area contributed by atoms with Gasteiger partial charge in [-0.2, -0.15) is 0 Å². The Hall–Kier alpha value is -5.13. The molecular weight excluding hydrogens is 657 g/mol. The maximum Gasteiger partial charge on any atom is 0.243 e. The second kappa shape index (κ2) is 21.9. The van der Waals surface area contributed by atoms with Crippen LogP contribution >= 0.6 is 0 Å². The highest BCUT2D eigenvalue weighted by Crippen LogP contribution is 2.18. The van der Waals surface area contributed by atoms with Crippen molar-refractivity contribution in [3.05, 3.63) is 131 Å². The molecule has 3 unspecified atom stereocenters. The molecule has 4 aromatic carbocycles. The summed E-state index contributed by atoms with van der Waals surface area (Å²) < 4.78 is 11.9. The van der Waals surface area contributed by atoms with Gasteiger partial charge in [-0.25, -0.2) is 0 Å². The lowest BCUT2D eigenvalue weighted by Crippen LogP contribution is -2.57. The molecule has 3 amide bonds. The molecule has 0 aliphatic rings. The van der Waals surface area contributed by atoms with Crippen molar-refractivity contribution in [3.8, 4) is 11.5 Å². The first kappa shape index (κ1) is 43.0. The molecule has 0 bridgehead atoms. The van der Waals surface area contributed by atoms with Gasteiger partial charge in [0, 0.05) is 6.42 Å². The Labute approximate surface area is 308 Å². The Morgan fingerprint density at radius 2 is 1.17 bits per heavy atom. The molecule has 0 saturated heterocycles. The molecule has 3 atom stereocenters. The molecule has 10 nitrogen and oxygen atoms in total. The summed E-state index contributed by atoms with van der Waals surface area (Å²) in [6.07, 6.45) is 1.11. The number of ether oxygens (including phenoxy) is 2. The largest absolute Gasteiger partial charge is 0.489 e. The molecule has 0 aromatic heterocycles. The summed E-state index contributed by atoms with van der Waals surface area (Å²) in [5, 5.41) is 8.94. The smallest absolute Gasteiger partial charge is 0.243 e. The van der Waals surface area contributed by atoms with Crippen LogP contribution in [0.3, 0.4) is 0 Å². The minimum atomic E-state index is -0.918. The van der Waals surface area contributed by atoms with Gasteiger partial charge < -0.3 is 36.4 Å². The fourth-order valence-electron chi connectivity index (χ4n) is 5.71. The standard InChI is InChI=1S/C41H50BN3O5.2H2O/c1-28(2)22-37(42)44-41(48)39(29(3)4)45-40(47)36(24-30-18-20-34(21-19-30)49-26-31-12-7-5-8-13-31)43-38(46)25-33-16-11-17-35(23-33)50-27-32-14-9-6-10-15-32;;/h5-21,23,28-29,36-37,39H,22,24-27,42H2,1-4H3,(H,43,46)(H,44,48)(H,45,47);2*1H2. The number of carbonyl (C=O) groups is 3. The molecular formula is C41H54BN3O7. The van der Waals surface area contributed by atoms with Crippen molar-refractivity contribution in [2.45, 2.75) is 78.2 Å². The van der Waals surface area contributed by atoms with E-state index < -0.39 is 18.0 Å². The van der Waals surface area contributed by atoms with Crippen LogP contribution in [0.15, 0.2) is 109 Å². The summed E-state index contributed by atoms with van der Waals surface area (Å²) in [6, 6.07) is 33.0. The van der Waals surface area contributed by atoms with Gasteiger partial charge in [-0.15, -0.1) is 0 Å². The van der Waals surface area contributed by atoms with Gasteiger partial charge in [-0.1, -0.05) is 113 Å². The predicted molar refractivity (Wildman–Crippen MR) is 208 cm³/mol. The highest BCUT2D eigenvalue weighted by molar-refractivity contribution is 6.13. The van der Waals surface area contributed by atoms with Crippen LogP contribution in [0.1, 0.15) is 56.4 Å². The Kier molecular flexibility index (Phi) is 18.2. The van der Waals surface area contributed by atoms with Crippen LogP contribution in [0.25, 0.3) is 0 Å². The molecule has 0 aliphatic heterocycles. The summed E-state index contributed by atoms with van der Waals surface area (Å²) in [6.45, 7) is 8.85. The zero-order valence-corrected chi connectivity index (χ0v) is 30.9. The van der Waals surface area contributed by atoms with Gasteiger partial charge in [-0.3, -0.25) is 14.4 Å². The van der Waals surface area contributed by atoms with Crippen LogP contribution in [0.4, 0.5) is 0 Å². The first-order chi connectivity index (χ1) is 24.0. The zero-order valence-electron chi connectivity index (χ0n) is 30.9. The Bertz CT molecular complexity index is 1650. The van der Waals surface area contributed by atoms with Crippen molar-refractivity contribution in [2.24, 2.45) is 11.8 Å². The van der Waals surface area contributed by atoms with E-state index in [1.54, 1.807) is 0 Å². The van der Waals surface area contributed by atoms with E-state index >= 15 is 0 Å². The molecule has 7 N–H and O–H groups in total. The van der Waals surface area contributed by atoms with Crippen LogP contribution in [-0.4, -0.2) is 54.5 Å². The Balaban J connectivity index is 0.00000468. The molecule has 52 heavy (non-hydrogen) atoms. The summed E-state index contributed by atoms with van der Waals surface area (Å²) >= 11 is 0. The van der Waals surface area contributed by atoms with Gasteiger partial charge in [0.15, 0.2) is 0 Å². The first-order valence-electron chi connectivity index (χ1n) is 17.5. The molecule has 4 rings (SSSR count). The van der Waals surface area contributed by atoms with Crippen molar-refractivity contribution >= 4 is 25.6 Å². The third-order valence-electron chi connectivity index (χ3n) is 8.24. The van der Waals surface area contributed by atoms with Crippen LogP contribution in [0.2, 0.25) is 0 Å². The molecule has 0 radical (unpaired) electrons. The van der Waals surface area contributed by atoms with Crippen LogP contribution in [-0.2, 0) is 40.4 Å². The number of hydrogen-bond donors (Lipinski definition) is 3. The van der Waals surface area contributed by atoms with E-state index in [9.17, 15) is 14.4 Å². The predicted octanol–water partition coefficient (Wildman–Crippen LogP) is 3.73. The van der Waals surface area contributed by atoms with Crippen molar-refractivity contribution < 1.29 is 34.8 Å². The molecule has 0 aliphatic carbocycles. The third-order valence-corrected chi connectivity index (χ3v) is 8.24. The summed E-state index contributed by atoms with van der Waals surface area (Å²) in [7, 11) is 1.97. The highest BCUT2D eigenvalue weighted by atomic mass is 16.5. The van der Waals surface area contributed by atoms with Gasteiger partial charge in [0.1, 0.15) is 44.6 Å². The number of carbonyl (C=O) groups excluding carboxylic acids is 3. The first-order valence-corrected chi connectivity index (χ1v) is 17.5. The van der Waals surface area contributed by atoms with Crippen LogP contribution < -0.4 is 25.4 Å². The normalized spacial score (nSPS) is 12.3. The average Bonchev–Trinajstić information content (AvgIpc) is 3.09. The second-order valence-corrected chi connectivity index (χ2v) is 13.6. The SMILES string of the molecule is BC(CC(C)C)NC(=O)C(NC(=O)C(Cc1ccc(OCc2ccccc2)cc1)NC(=O)Cc1cccc(OCc2ccccc2)c1)C(C)C.O.O. The van der Waals surface area contributed by atoms with E-state index in [1.165, 1.54) is 0 Å². The number of hydrogen-bond acceptors (Lipinski definition) is 5. The minimum Gasteiger partial charge on any atom is -0.489 e. The van der Waals surface area contributed by atoms with Gasteiger partial charge in [0.2, 0.25) is 17.7 Å². The van der Waals surface area contributed by atoms with Gasteiger partial charge in [0.05, 0.1) is 6.42 Å². The van der Waals surface area contributed by atoms with Crippen molar-refractivity contribution in [1.82, 2.24) is 16.0 Å². The third kappa shape index (κ3) is 14.6. The topological polar surface area (TPSA) is 169 Å². The summed E-state index contributed by atoms with van der Waals surface area (Å²) in [5.74, 6) is 0.594. The van der Waals surface area contributed by atoms with E-state index in [0.717, 1.165) is 28.7 Å². The summed E-state index contributed by atoms with van der Waals surface area (Å²) in [4.78, 5) is 40.6. The van der Waals surface area contributed by atoms with E-state index in [2.05, 4.69) is 29.8 Å². The Morgan fingerprint density at radius 1 is 0.615 bits per heavy atom. The molecule has 0 heterocycles. The van der Waals surface area contributed by atoms with Gasteiger partial charge in [-0.05, 0) is 70.7 Å². The average molecular weight is 712 g/mol. The monoisotopic (exact) mass is 711 g/mol. The Morgan fingerprint density at radius 3 is 1.73 bits per heavy atom. The fraction of sp³-hybridized carbons (Fsp3) is 0.341. The molecule has 4 aromatic rings. The number of nitrogens with one attached hydrogen (secondary N) is 3. The van der Waals surface area contributed by atoms with Gasteiger partial charge >= 0.3 is 0 Å². The van der Waals surface area contributed by atoms with E-state index in [1.807, 2.05) is 131 Å². The number of amides is 3. The van der Waals surface area contributed by atoms with Crippen LogP contribution in [0.5, 0.6) is 11.5 Å². The molecule has 278 valence electrons. The molecule has 0 spiro atoms. The number of rotatable bonds is 18. The van der Waals surface area contributed by atoms with Crippen molar-refractivity contribution in [2.75, 3.05) is 0 Å². The maximum atomic E-state index is 13.9. The van der Waals surface area contributed by atoms with Crippen LogP contribution in [0, 0.1) is 11.8 Å². The lowest BCUT2D eigenvalue weighted by atomic mass is 9.87. The van der Waals surface area contributed by atoms with Crippen molar-refractivity contribution in [3.63, 3.8) is 0 Å². The fourth-order valence-corrected chi connectivity index (χ4v) is 5.71. The highest BCUT2D eigenvalue weighted by Gasteiger charge is 2.29. The quantitative estimate of drug-likeness (QED) is 0.134. The lowest BCUT2D eigenvalue weighted by molar-refractivity contribution is -0.132. The van der Waals surface area contributed by atoms with Gasteiger partial charge in [0.25, 0.3) is 0 Å². The minimum absolute atomic E-state index is 0. The van der Waals surface area contributed by atoms with E-state index in [4.69, 9.17) is 9.47 Å². The lowest BCUT2D eigenvalue weighted by Gasteiger charge is -2.27. The summed E-state index contributed by atoms with van der Waals surface area (Å²) in [5.41, 5.74) is 3.70. The second-order valence-electron chi connectivity index (χ2n) is 13.6. The zero-order chi connectivity index (χ0) is 35.9. The van der Waals surface area contributed by atoms with E-state index in [0.29, 0.717) is 30.6 Å². The molecule has 0 saturated carbocycles. The molecule has 0 fully saturated rings. The maximum absolute atomic E-state index is 13.9. The molecule has 11 heteroatoms. The van der Waals surface area contributed by atoms with E-state index in [-0.39, 0.29) is 47.5 Å².